The van der Waals surface area contributed by atoms with Crippen LogP contribution in [0.15, 0.2) is 24.4 Å². The molecule has 2 aliphatic carbocycles. The molecule has 1 aromatic heterocycles. The van der Waals surface area contributed by atoms with Gasteiger partial charge in [-0.25, -0.2) is 4.79 Å². The Morgan fingerprint density at radius 1 is 1.18 bits per heavy atom. The molecule has 2 saturated carbocycles. The van der Waals surface area contributed by atoms with Crippen molar-refractivity contribution in [2.75, 3.05) is 7.11 Å². The van der Waals surface area contributed by atoms with Crippen molar-refractivity contribution >= 4 is 18.0 Å². The fraction of sp³-hybridized carbons (Fsp3) is 0.591. The van der Waals surface area contributed by atoms with E-state index in [0.717, 1.165) is 62.6 Å². The van der Waals surface area contributed by atoms with Crippen molar-refractivity contribution in [3.05, 3.63) is 35.7 Å². The highest BCUT2D eigenvalue weighted by Crippen LogP contribution is 2.32. The molecule has 0 radical (unpaired) electrons. The van der Waals surface area contributed by atoms with Crippen molar-refractivity contribution < 1.29 is 19.1 Å². The number of carbonyl (C=O) groups is 2. The number of nitrogens with one attached hydrogen (secondary N) is 1. The van der Waals surface area contributed by atoms with Crippen LogP contribution in [-0.2, 0) is 25.6 Å². The van der Waals surface area contributed by atoms with E-state index in [0.29, 0.717) is 6.54 Å². The van der Waals surface area contributed by atoms with Crippen molar-refractivity contribution in [1.29, 1.82) is 0 Å². The third-order valence-corrected chi connectivity index (χ3v) is 5.74. The van der Waals surface area contributed by atoms with Crippen LogP contribution in [0.1, 0.15) is 69.0 Å². The normalized spacial score (nSPS) is 19.6. The first kappa shape index (κ1) is 20.5. The molecule has 3 rings (SSSR count). The number of hydrogen-bond donors (Lipinski definition) is 1. The van der Waals surface area contributed by atoms with E-state index in [9.17, 15) is 9.59 Å². The monoisotopic (exact) mass is 386 g/mol. The predicted octanol–water partition coefficient (Wildman–Crippen LogP) is 3.55. The number of ether oxygens (including phenoxy) is 2. The van der Waals surface area contributed by atoms with Gasteiger partial charge in [-0.15, -0.1) is 0 Å². The lowest BCUT2D eigenvalue weighted by molar-refractivity contribution is -0.158. The highest BCUT2D eigenvalue weighted by atomic mass is 16.5. The van der Waals surface area contributed by atoms with Crippen LogP contribution in [0.2, 0.25) is 0 Å². The lowest BCUT2D eigenvalue weighted by Crippen LogP contribution is -2.54. The van der Waals surface area contributed by atoms with Crippen molar-refractivity contribution in [2.24, 2.45) is 0 Å². The number of rotatable bonds is 7. The van der Waals surface area contributed by atoms with E-state index in [-0.39, 0.29) is 12.1 Å². The molecule has 0 bridgehead atoms. The summed E-state index contributed by atoms with van der Waals surface area (Å²) in [7, 11) is 1.35. The van der Waals surface area contributed by atoms with E-state index in [1.807, 2.05) is 12.1 Å². The Balaban J connectivity index is 1.60. The van der Waals surface area contributed by atoms with Gasteiger partial charge in [-0.3, -0.25) is 15.1 Å². The zero-order chi connectivity index (χ0) is 19.8. The smallest absolute Gasteiger partial charge is 0.330 e. The number of carbonyl (C=O) groups excluding carboxylic acids is 2. The van der Waals surface area contributed by atoms with Crippen LogP contribution < -0.4 is 5.32 Å². The van der Waals surface area contributed by atoms with Gasteiger partial charge in [0, 0.05) is 18.8 Å². The Morgan fingerprint density at radius 2 is 1.93 bits per heavy atom. The fourth-order valence-corrected chi connectivity index (χ4v) is 4.01. The molecule has 0 atom stereocenters. The first-order valence-corrected chi connectivity index (χ1v) is 10.3. The maximum absolute atomic E-state index is 13.0. The van der Waals surface area contributed by atoms with E-state index >= 15 is 0 Å². The number of pyridine rings is 1. The Hall–Kier alpha value is -2.21. The summed E-state index contributed by atoms with van der Waals surface area (Å²) in [6, 6.07) is 3.80. The summed E-state index contributed by atoms with van der Waals surface area (Å²) < 4.78 is 10.4. The highest BCUT2D eigenvalue weighted by Gasteiger charge is 2.41. The van der Waals surface area contributed by atoms with Crippen LogP contribution in [0.4, 0.5) is 0 Å². The van der Waals surface area contributed by atoms with Crippen molar-refractivity contribution in [3.63, 3.8) is 0 Å². The van der Waals surface area contributed by atoms with E-state index in [1.54, 1.807) is 12.3 Å². The van der Waals surface area contributed by atoms with Crippen molar-refractivity contribution in [3.8, 4) is 0 Å². The number of esters is 2. The molecule has 0 aromatic carbocycles. The quantitative estimate of drug-likeness (QED) is 0.570. The van der Waals surface area contributed by atoms with Gasteiger partial charge >= 0.3 is 11.9 Å². The van der Waals surface area contributed by atoms with Gasteiger partial charge in [0.05, 0.1) is 12.8 Å². The molecule has 0 saturated heterocycles. The molecular weight excluding hydrogens is 356 g/mol. The summed E-state index contributed by atoms with van der Waals surface area (Å²) in [6.07, 6.45) is 14.0. The minimum atomic E-state index is -0.591. The molecule has 1 N–H and O–H groups in total. The molecule has 28 heavy (non-hydrogen) atoms. The van der Waals surface area contributed by atoms with Crippen LogP contribution in [0.5, 0.6) is 0 Å². The minimum Gasteiger partial charge on any atom is -0.466 e. The zero-order valence-corrected chi connectivity index (χ0v) is 16.6. The standard InChI is InChI=1S/C22H30N2O4/c1-27-20(25)12-10-17-9-11-18(23-15-17)16-24-22(13-5-2-6-14-22)21(26)28-19-7-3-4-8-19/h9-12,15,19,24H,2-8,13-14,16H2,1H3. The van der Waals surface area contributed by atoms with Crippen LogP contribution in [0, 0.1) is 0 Å². The SMILES string of the molecule is COC(=O)C=Cc1ccc(CNC2(C(=O)OC3CCCC3)CCCCC2)nc1. The first-order valence-electron chi connectivity index (χ1n) is 10.3. The van der Waals surface area contributed by atoms with Crippen LogP contribution in [-0.4, -0.2) is 35.7 Å². The third-order valence-electron chi connectivity index (χ3n) is 5.74. The zero-order valence-electron chi connectivity index (χ0n) is 16.6. The molecule has 2 fully saturated rings. The summed E-state index contributed by atoms with van der Waals surface area (Å²) in [5.74, 6) is -0.484. The maximum atomic E-state index is 13.0. The molecule has 1 heterocycles. The second-order valence-corrected chi connectivity index (χ2v) is 7.75. The van der Waals surface area contributed by atoms with Gasteiger partial charge in [-0.1, -0.05) is 25.3 Å². The highest BCUT2D eigenvalue weighted by molar-refractivity contribution is 5.86. The van der Waals surface area contributed by atoms with Crippen LogP contribution in [0.25, 0.3) is 6.08 Å². The van der Waals surface area contributed by atoms with Gasteiger partial charge in [0.2, 0.25) is 0 Å². The molecule has 0 aliphatic heterocycles. The molecule has 0 spiro atoms. The number of nitrogens with zero attached hydrogens (tertiary/aromatic N) is 1. The Morgan fingerprint density at radius 3 is 2.57 bits per heavy atom. The van der Waals surface area contributed by atoms with Gasteiger partial charge in [0.1, 0.15) is 11.6 Å². The number of hydrogen-bond acceptors (Lipinski definition) is 6. The third kappa shape index (κ3) is 5.41. The second-order valence-electron chi connectivity index (χ2n) is 7.75. The van der Waals surface area contributed by atoms with Gasteiger partial charge in [0.25, 0.3) is 0 Å². The fourth-order valence-electron chi connectivity index (χ4n) is 4.01. The van der Waals surface area contributed by atoms with E-state index in [1.165, 1.54) is 19.6 Å². The lowest BCUT2D eigenvalue weighted by Gasteiger charge is -2.36. The first-order chi connectivity index (χ1) is 13.6. The Bertz CT molecular complexity index is 687. The summed E-state index contributed by atoms with van der Waals surface area (Å²) in [4.78, 5) is 28.6. The topological polar surface area (TPSA) is 77.5 Å². The Kier molecular flexibility index (Phi) is 7.20. The maximum Gasteiger partial charge on any atom is 0.330 e. The van der Waals surface area contributed by atoms with Crippen molar-refractivity contribution in [1.82, 2.24) is 10.3 Å². The average Bonchev–Trinajstić information content (AvgIpc) is 3.25. The largest absolute Gasteiger partial charge is 0.466 e. The summed E-state index contributed by atoms with van der Waals surface area (Å²) in [5, 5.41) is 3.47. The lowest BCUT2D eigenvalue weighted by atomic mass is 9.81. The summed E-state index contributed by atoms with van der Waals surface area (Å²) >= 11 is 0. The van der Waals surface area contributed by atoms with Gasteiger partial charge in [-0.05, 0) is 56.2 Å². The van der Waals surface area contributed by atoms with E-state index in [2.05, 4.69) is 15.0 Å². The summed E-state index contributed by atoms with van der Waals surface area (Å²) in [5.41, 5.74) is 1.09. The van der Waals surface area contributed by atoms with E-state index in [4.69, 9.17) is 4.74 Å². The molecular formula is C22H30N2O4. The molecule has 0 amide bonds. The van der Waals surface area contributed by atoms with Crippen molar-refractivity contribution in [2.45, 2.75) is 76.0 Å². The number of aromatic nitrogens is 1. The van der Waals surface area contributed by atoms with Crippen LogP contribution >= 0.6 is 0 Å². The molecule has 6 heteroatoms. The predicted molar refractivity (Wildman–Crippen MR) is 106 cm³/mol. The van der Waals surface area contributed by atoms with Gasteiger partial charge in [0.15, 0.2) is 0 Å². The Labute approximate surface area is 166 Å². The van der Waals surface area contributed by atoms with Gasteiger partial charge < -0.3 is 9.47 Å². The molecule has 6 nitrogen and oxygen atoms in total. The summed E-state index contributed by atoms with van der Waals surface area (Å²) in [6.45, 7) is 0.515. The average molecular weight is 386 g/mol. The van der Waals surface area contributed by atoms with Crippen LogP contribution in [0.3, 0.4) is 0 Å². The molecule has 152 valence electrons. The minimum absolute atomic E-state index is 0.0864. The number of methoxy groups -OCH3 is 1. The molecule has 1 aromatic rings. The molecule has 2 aliphatic rings. The second kappa shape index (κ2) is 9.82. The van der Waals surface area contributed by atoms with Gasteiger partial charge in [-0.2, -0.15) is 0 Å². The van der Waals surface area contributed by atoms with E-state index < -0.39 is 11.5 Å². The molecule has 0 unspecified atom stereocenters.